The van der Waals surface area contributed by atoms with Gasteiger partial charge in [-0.1, -0.05) is 44.2 Å². The third-order valence-electron chi connectivity index (χ3n) is 7.41. The average molecular weight is 549 g/mol. The lowest BCUT2D eigenvalue weighted by Gasteiger charge is -2.35. The van der Waals surface area contributed by atoms with Crippen LogP contribution in [0.1, 0.15) is 60.9 Å². The number of benzene rings is 3. The Kier molecular flexibility index (Phi) is 7.25. The number of ether oxygens (including phenoxy) is 1. The minimum atomic E-state index is -3.61. The number of nitrogens with zero attached hydrogens (tertiary/aromatic N) is 1. The first kappa shape index (κ1) is 26.9. The number of fused-ring (bicyclic) bond motifs is 1. The van der Waals surface area contributed by atoms with Crippen LogP contribution >= 0.6 is 0 Å². The summed E-state index contributed by atoms with van der Waals surface area (Å²) in [6, 6.07) is 21.1. The van der Waals surface area contributed by atoms with Gasteiger partial charge < -0.3 is 9.30 Å². The van der Waals surface area contributed by atoms with E-state index < -0.39 is 15.9 Å². The van der Waals surface area contributed by atoms with Gasteiger partial charge in [0.05, 0.1) is 11.8 Å². The molecular formula is C31H33FN2O4S. The fraction of sp³-hybridized carbons (Fsp3) is 0.323. The van der Waals surface area contributed by atoms with Gasteiger partial charge in [-0.05, 0) is 84.7 Å². The Bertz CT molecular complexity index is 1640. The zero-order chi connectivity index (χ0) is 27.9. The van der Waals surface area contributed by atoms with E-state index in [1.165, 1.54) is 6.07 Å². The molecule has 1 fully saturated rings. The summed E-state index contributed by atoms with van der Waals surface area (Å²) in [5.41, 5.74) is 5.72. The van der Waals surface area contributed by atoms with E-state index in [2.05, 4.69) is 29.2 Å². The van der Waals surface area contributed by atoms with E-state index in [9.17, 15) is 17.6 Å². The average Bonchev–Trinajstić information content (AvgIpc) is 3.17. The van der Waals surface area contributed by atoms with Crippen LogP contribution in [0.3, 0.4) is 0 Å². The molecule has 0 aliphatic heterocycles. The third-order valence-corrected chi connectivity index (χ3v) is 7.99. The molecule has 1 saturated carbocycles. The topological polar surface area (TPSA) is 77.4 Å². The molecule has 3 aromatic carbocycles. The Balaban J connectivity index is 1.59. The van der Waals surface area contributed by atoms with Crippen LogP contribution in [0.15, 0.2) is 66.7 Å². The number of halogens is 1. The predicted molar refractivity (Wildman–Crippen MR) is 151 cm³/mol. The number of carbonyl (C=O) groups excluding carboxylic acids is 1. The van der Waals surface area contributed by atoms with Crippen LogP contribution in [0.5, 0.6) is 5.75 Å². The van der Waals surface area contributed by atoms with Crippen molar-refractivity contribution in [3.05, 3.63) is 94.9 Å². The number of hydrogen-bond acceptors (Lipinski definition) is 4. The van der Waals surface area contributed by atoms with E-state index >= 15 is 0 Å². The molecule has 1 amide bonds. The van der Waals surface area contributed by atoms with Gasteiger partial charge in [0.15, 0.2) is 0 Å². The van der Waals surface area contributed by atoms with Gasteiger partial charge in [0.1, 0.15) is 18.2 Å². The molecule has 0 radical (unpaired) electrons. The summed E-state index contributed by atoms with van der Waals surface area (Å²) in [5.74, 6) is -0.126. The molecule has 6 nitrogen and oxygen atoms in total. The summed E-state index contributed by atoms with van der Waals surface area (Å²) in [4.78, 5) is 12.5. The van der Waals surface area contributed by atoms with Crippen molar-refractivity contribution in [1.29, 1.82) is 0 Å². The van der Waals surface area contributed by atoms with Gasteiger partial charge in [-0.3, -0.25) is 9.52 Å². The van der Waals surface area contributed by atoms with Crippen LogP contribution in [-0.2, 0) is 21.4 Å². The van der Waals surface area contributed by atoms with Gasteiger partial charge in [0.25, 0.3) is 0 Å². The van der Waals surface area contributed by atoms with Crippen molar-refractivity contribution in [1.82, 2.24) is 9.29 Å². The van der Waals surface area contributed by atoms with Crippen molar-refractivity contribution < 1.29 is 22.3 Å². The number of hydrogen-bond donors (Lipinski definition) is 1. The highest BCUT2D eigenvalue weighted by Gasteiger charge is 2.40. The lowest BCUT2D eigenvalue weighted by molar-refractivity contribution is -0.126. The fourth-order valence-electron chi connectivity index (χ4n) is 5.52. The quantitative estimate of drug-likeness (QED) is 0.278. The molecule has 0 atom stereocenters. The van der Waals surface area contributed by atoms with Crippen molar-refractivity contribution in [3.63, 3.8) is 0 Å². The molecule has 1 aromatic heterocycles. The molecule has 1 aliphatic rings. The molecule has 4 aromatic rings. The van der Waals surface area contributed by atoms with Crippen molar-refractivity contribution >= 4 is 26.8 Å². The second-order valence-electron chi connectivity index (χ2n) is 10.8. The molecule has 1 N–H and O–H groups in total. The van der Waals surface area contributed by atoms with E-state index in [0.29, 0.717) is 25.0 Å². The minimum Gasteiger partial charge on any atom is -0.489 e. The predicted octanol–water partition coefficient (Wildman–Crippen LogP) is 6.35. The fourth-order valence-corrected chi connectivity index (χ4v) is 6.05. The Hall–Kier alpha value is -3.65. The number of carbonyl (C=O) groups is 1. The summed E-state index contributed by atoms with van der Waals surface area (Å²) < 4.78 is 47.9. The highest BCUT2D eigenvalue weighted by Crippen LogP contribution is 2.49. The molecule has 1 heterocycles. The zero-order valence-corrected chi connectivity index (χ0v) is 23.4. The summed E-state index contributed by atoms with van der Waals surface area (Å²) in [5, 5.41) is 1.03. The van der Waals surface area contributed by atoms with Gasteiger partial charge >= 0.3 is 0 Å². The number of nitrogens with one attached hydrogen (secondary N) is 1. The number of rotatable bonds is 8. The molecule has 0 bridgehead atoms. The molecule has 0 spiro atoms. The Morgan fingerprint density at radius 2 is 1.79 bits per heavy atom. The highest BCUT2D eigenvalue weighted by molar-refractivity contribution is 7.89. The first-order valence-electron chi connectivity index (χ1n) is 13.1. The SMILES string of the molecule is Cc1cc(-n2c(C(C)C)c([C@H]3C[C@H](C(=O)NS(C)(=O)=O)C3)c3cc(OCc4ccccc4)ccc32)ccc1F. The molecular weight excluding hydrogens is 515 g/mol. The smallest absolute Gasteiger partial charge is 0.236 e. The normalized spacial score (nSPS) is 17.3. The summed E-state index contributed by atoms with van der Waals surface area (Å²) in [7, 11) is -3.61. The van der Waals surface area contributed by atoms with Crippen LogP contribution in [0.4, 0.5) is 4.39 Å². The van der Waals surface area contributed by atoms with E-state index in [1.54, 1.807) is 13.0 Å². The first-order chi connectivity index (χ1) is 18.5. The summed E-state index contributed by atoms with van der Waals surface area (Å²) in [6.07, 6.45) is 2.10. The largest absolute Gasteiger partial charge is 0.489 e. The Morgan fingerprint density at radius 1 is 1.08 bits per heavy atom. The van der Waals surface area contributed by atoms with Gasteiger partial charge in [0, 0.05) is 22.7 Å². The van der Waals surface area contributed by atoms with Crippen LogP contribution in [-0.4, -0.2) is 25.1 Å². The first-order valence-corrected chi connectivity index (χ1v) is 15.0. The van der Waals surface area contributed by atoms with Gasteiger partial charge in [-0.15, -0.1) is 0 Å². The van der Waals surface area contributed by atoms with Gasteiger partial charge in [0.2, 0.25) is 15.9 Å². The summed E-state index contributed by atoms with van der Waals surface area (Å²) >= 11 is 0. The monoisotopic (exact) mass is 548 g/mol. The Morgan fingerprint density at radius 3 is 2.44 bits per heavy atom. The molecule has 0 saturated heterocycles. The van der Waals surface area contributed by atoms with Gasteiger partial charge in [-0.25, -0.2) is 12.8 Å². The zero-order valence-electron chi connectivity index (χ0n) is 22.6. The maximum atomic E-state index is 14.2. The van der Waals surface area contributed by atoms with Crippen molar-refractivity contribution in [2.24, 2.45) is 5.92 Å². The van der Waals surface area contributed by atoms with Crippen LogP contribution < -0.4 is 9.46 Å². The van der Waals surface area contributed by atoms with E-state index in [4.69, 9.17) is 4.74 Å². The number of aromatic nitrogens is 1. The molecule has 0 unspecified atom stereocenters. The summed E-state index contributed by atoms with van der Waals surface area (Å²) in [6.45, 7) is 6.45. The van der Waals surface area contributed by atoms with Crippen molar-refractivity contribution in [3.8, 4) is 11.4 Å². The Labute approximate surface area is 228 Å². The van der Waals surface area contributed by atoms with Crippen molar-refractivity contribution in [2.45, 2.75) is 52.1 Å². The van der Waals surface area contributed by atoms with Crippen LogP contribution in [0.25, 0.3) is 16.6 Å². The molecule has 8 heteroatoms. The van der Waals surface area contributed by atoms with Crippen LogP contribution in [0.2, 0.25) is 0 Å². The molecule has 5 rings (SSSR count). The maximum absolute atomic E-state index is 14.2. The van der Waals surface area contributed by atoms with Crippen molar-refractivity contribution in [2.75, 3.05) is 6.26 Å². The molecule has 39 heavy (non-hydrogen) atoms. The van der Waals surface area contributed by atoms with E-state index in [1.807, 2.05) is 48.5 Å². The van der Waals surface area contributed by atoms with E-state index in [-0.39, 0.29) is 23.6 Å². The lowest BCUT2D eigenvalue weighted by atomic mass is 9.69. The second-order valence-corrected chi connectivity index (χ2v) is 12.5. The number of sulfonamides is 1. The number of aryl methyl sites for hydroxylation is 1. The van der Waals surface area contributed by atoms with Gasteiger partial charge in [-0.2, -0.15) is 0 Å². The third kappa shape index (κ3) is 5.57. The maximum Gasteiger partial charge on any atom is 0.236 e. The molecule has 1 aliphatic carbocycles. The lowest BCUT2D eigenvalue weighted by Crippen LogP contribution is -2.40. The van der Waals surface area contributed by atoms with E-state index in [0.717, 1.165) is 45.4 Å². The van der Waals surface area contributed by atoms with Crippen LogP contribution in [0, 0.1) is 18.7 Å². The molecule has 204 valence electrons. The number of amides is 1. The minimum absolute atomic E-state index is 0.0763. The highest BCUT2D eigenvalue weighted by atomic mass is 32.2. The second kappa shape index (κ2) is 10.5. The standard InChI is InChI=1S/C31H33FN2O4S/c1-19(2)30-29(22-15-23(16-22)31(35)33-39(4,36)37)26-17-25(38-18-21-8-6-5-7-9-21)11-13-28(26)34(30)24-10-12-27(32)20(3)14-24/h5-14,17,19,22-23H,15-16,18H2,1-4H3,(H,33,35)/t22-,23-.